The highest BCUT2D eigenvalue weighted by atomic mass is 16.5. The van der Waals surface area contributed by atoms with E-state index in [1.165, 1.54) is 5.56 Å². The van der Waals surface area contributed by atoms with Crippen molar-refractivity contribution in [3.05, 3.63) is 168 Å². The molecule has 52 heavy (non-hydrogen) atoms. The molecular formula is C45H43NO6. The molecule has 0 saturated carbocycles. The highest BCUT2D eigenvalue weighted by molar-refractivity contribution is 5.92. The minimum absolute atomic E-state index is 0.0170. The van der Waals surface area contributed by atoms with Crippen molar-refractivity contribution in [3.8, 4) is 28.4 Å². The Bertz CT molecular complexity index is 1950. The van der Waals surface area contributed by atoms with Gasteiger partial charge in [-0.05, 0) is 119 Å². The van der Waals surface area contributed by atoms with Gasteiger partial charge in [0.05, 0.1) is 19.8 Å². The van der Waals surface area contributed by atoms with Crippen LogP contribution in [0.25, 0.3) is 22.8 Å². The lowest BCUT2D eigenvalue weighted by Gasteiger charge is -2.26. The Morgan fingerprint density at radius 1 is 0.462 bits per heavy atom. The average molecular weight is 694 g/mol. The van der Waals surface area contributed by atoms with Crippen LogP contribution in [0.1, 0.15) is 22.3 Å². The molecule has 0 fully saturated rings. The number of aryl methyl sites for hydroxylation is 1. The van der Waals surface area contributed by atoms with Gasteiger partial charge < -0.3 is 34.4 Å². The van der Waals surface area contributed by atoms with E-state index in [0.717, 1.165) is 56.2 Å². The van der Waals surface area contributed by atoms with Crippen LogP contribution in [-0.2, 0) is 0 Å². The molecule has 0 aliphatic carbocycles. The topological polar surface area (TPSA) is 91.6 Å². The Balaban J connectivity index is 1.31. The fourth-order valence-corrected chi connectivity index (χ4v) is 5.86. The molecule has 0 saturated heterocycles. The molecule has 0 aliphatic rings. The van der Waals surface area contributed by atoms with Crippen molar-refractivity contribution in [2.75, 3.05) is 44.5 Å². The van der Waals surface area contributed by atoms with Crippen LogP contribution in [0.4, 0.5) is 17.1 Å². The molecule has 0 unspecified atom stereocenters. The second-order valence-corrected chi connectivity index (χ2v) is 12.2. The van der Waals surface area contributed by atoms with Gasteiger partial charge in [-0.15, -0.1) is 0 Å². The third kappa shape index (κ3) is 9.27. The summed E-state index contributed by atoms with van der Waals surface area (Å²) in [5.74, 6) is 2.12. The predicted octanol–water partition coefficient (Wildman–Crippen LogP) is 8.83. The largest absolute Gasteiger partial charge is 0.491 e. The van der Waals surface area contributed by atoms with Crippen LogP contribution < -0.4 is 19.1 Å². The molecule has 0 bridgehead atoms. The summed E-state index contributed by atoms with van der Waals surface area (Å²) < 4.78 is 16.7. The number of rotatable bonds is 16. The molecule has 0 amide bonds. The van der Waals surface area contributed by atoms with E-state index in [1.54, 1.807) is 0 Å². The Hall–Kier alpha value is -5.86. The minimum Gasteiger partial charge on any atom is -0.491 e. The van der Waals surface area contributed by atoms with E-state index in [4.69, 9.17) is 29.5 Å². The van der Waals surface area contributed by atoms with Crippen molar-refractivity contribution in [3.63, 3.8) is 0 Å². The predicted molar refractivity (Wildman–Crippen MR) is 209 cm³/mol. The van der Waals surface area contributed by atoms with E-state index >= 15 is 0 Å². The summed E-state index contributed by atoms with van der Waals surface area (Å²) in [5.41, 5.74) is 10.6. The molecule has 0 aromatic heterocycles. The van der Waals surface area contributed by atoms with Crippen molar-refractivity contribution in [1.29, 1.82) is 0 Å². The summed E-state index contributed by atoms with van der Waals surface area (Å²) >= 11 is 0. The number of hydrogen-bond donors (Lipinski definition) is 3. The lowest BCUT2D eigenvalue weighted by Crippen LogP contribution is -2.09. The molecule has 3 N–H and O–H groups in total. The van der Waals surface area contributed by atoms with E-state index in [1.807, 2.05) is 72.8 Å². The van der Waals surface area contributed by atoms with Gasteiger partial charge in [0.25, 0.3) is 0 Å². The molecule has 0 radical (unpaired) electrons. The monoisotopic (exact) mass is 693 g/mol. The number of ether oxygens (including phenoxy) is 3. The summed E-state index contributed by atoms with van der Waals surface area (Å²) in [6, 6.07) is 49.2. The highest BCUT2D eigenvalue weighted by Gasteiger charge is 2.14. The fourth-order valence-electron chi connectivity index (χ4n) is 5.86. The molecule has 264 valence electrons. The zero-order chi connectivity index (χ0) is 36.1. The molecule has 7 heteroatoms. The number of nitrogens with zero attached hydrogens (tertiary/aromatic N) is 1. The maximum absolute atomic E-state index is 9.17. The normalized spacial score (nSPS) is 10.8. The molecule has 0 heterocycles. The lowest BCUT2D eigenvalue weighted by molar-refractivity contribution is 0.201. The van der Waals surface area contributed by atoms with Gasteiger partial charge in [-0.1, -0.05) is 78.4 Å². The van der Waals surface area contributed by atoms with Crippen LogP contribution >= 0.6 is 0 Å². The van der Waals surface area contributed by atoms with Crippen molar-refractivity contribution >= 4 is 28.7 Å². The SMILES string of the molecule is Cc1ccc(N(c2ccc(C=C(c3ccc(OCCO)cc3)c3ccc(OCCO)cc3)cc2)c2ccc(-c3ccc(OCCO)cc3)cc2)cc1. The van der Waals surface area contributed by atoms with E-state index in [-0.39, 0.29) is 39.6 Å². The molecule has 0 aliphatic heterocycles. The molecule has 0 atom stereocenters. The maximum Gasteiger partial charge on any atom is 0.119 e. The minimum atomic E-state index is -0.0435. The fraction of sp³-hybridized carbons (Fsp3) is 0.156. The van der Waals surface area contributed by atoms with E-state index < -0.39 is 0 Å². The number of benzene rings is 6. The number of hydrogen-bond acceptors (Lipinski definition) is 7. The van der Waals surface area contributed by atoms with Crippen molar-refractivity contribution < 1.29 is 29.5 Å². The van der Waals surface area contributed by atoms with Crippen LogP contribution in [0.5, 0.6) is 17.2 Å². The Kier molecular flexibility index (Phi) is 12.4. The molecule has 7 nitrogen and oxygen atoms in total. The van der Waals surface area contributed by atoms with Gasteiger partial charge in [-0.3, -0.25) is 0 Å². The molecular weight excluding hydrogens is 650 g/mol. The summed E-state index contributed by atoms with van der Waals surface area (Å²) in [6.45, 7) is 2.74. The van der Waals surface area contributed by atoms with Gasteiger partial charge in [0.1, 0.15) is 37.1 Å². The van der Waals surface area contributed by atoms with E-state index in [9.17, 15) is 0 Å². The lowest BCUT2D eigenvalue weighted by atomic mass is 9.95. The smallest absolute Gasteiger partial charge is 0.119 e. The van der Waals surface area contributed by atoms with Crippen LogP contribution in [-0.4, -0.2) is 55.0 Å². The van der Waals surface area contributed by atoms with Gasteiger partial charge in [0.2, 0.25) is 0 Å². The van der Waals surface area contributed by atoms with Crippen LogP contribution in [0.2, 0.25) is 0 Å². The zero-order valence-electron chi connectivity index (χ0n) is 29.2. The molecule has 6 rings (SSSR count). The summed E-state index contributed by atoms with van der Waals surface area (Å²) in [4.78, 5) is 2.25. The first kappa shape index (κ1) is 35.9. The Morgan fingerprint density at radius 2 is 0.808 bits per heavy atom. The average Bonchev–Trinajstić information content (AvgIpc) is 3.20. The summed E-state index contributed by atoms with van der Waals surface area (Å²) in [5, 5.41) is 27.4. The second kappa shape index (κ2) is 17.9. The van der Waals surface area contributed by atoms with Crippen molar-refractivity contribution in [2.45, 2.75) is 6.92 Å². The van der Waals surface area contributed by atoms with E-state index in [2.05, 4.69) is 90.7 Å². The van der Waals surface area contributed by atoms with Gasteiger partial charge in [0, 0.05) is 17.1 Å². The van der Waals surface area contributed by atoms with Gasteiger partial charge in [0.15, 0.2) is 0 Å². The molecule has 6 aromatic carbocycles. The summed E-state index contributed by atoms with van der Waals surface area (Å²) in [6.07, 6.45) is 2.17. The first-order valence-electron chi connectivity index (χ1n) is 17.4. The van der Waals surface area contributed by atoms with Gasteiger partial charge >= 0.3 is 0 Å². The number of anilines is 3. The van der Waals surface area contributed by atoms with Crippen molar-refractivity contribution in [1.82, 2.24) is 0 Å². The van der Waals surface area contributed by atoms with Gasteiger partial charge in [-0.25, -0.2) is 0 Å². The van der Waals surface area contributed by atoms with Crippen LogP contribution in [0, 0.1) is 6.92 Å². The van der Waals surface area contributed by atoms with Crippen molar-refractivity contribution in [2.24, 2.45) is 0 Å². The third-order valence-electron chi connectivity index (χ3n) is 8.48. The van der Waals surface area contributed by atoms with Crippen LogP contribution in [0.15, 0.2) is 146 Å². The summed E-state index contributed by atoms with van der Waals surface area (Å²) in [7, 11) is 0. The zero-order valence-corrected chi connectivity index (χ0v) is 29.2. The van der Waals surface area contributed by atoms with Crippen LogP contribution in [0.3, 0.4) is 0 Å². The number of aliphatic hydroxyl groups excluding tert-OH is 3. The number of aliphatic hydroxyl groups is 3. The Labute approximate surface area is 305 Å². The first-order valence-corrected chi connectivity index (χ1v) is 17.4. The third-order valence-corrected chi connectivity index (χ3v) is 8.48. The second-order valence-electron chi connectivity index (χ2n) is 12.2. The van der Waals surface area contributed by atoms with E-state index in [0.29, 0.717) is 11.5 Å². The molecule has 0 spiro atoms. The Morgan fingerprint density at radius 3 is 1.21 bits per heavy atom. The first-order chi connectivity index (χ1) is 25.5. The molecule has 6 aromatic rings. The standard InChI is InChI=1S/C45H43NO6/c1-33-2-14-39(15-3-33)46(41-18-6-35(7-19-41)36-8-20-42(21-9-36)50-29-26-47)40-16-4-34(5-17-40)32-45(37-10-22-43(23-11-37)51-30-27-48)38-12-24-44(25-13-38)52-31-28-49/h2-25,32,47-49H,26-31H2,1H3. The van der Waals surface area contributed by atoms with Gasteiger partial charge in [-0.2, -0.15) is 0 Å². The quantitative estimate of drug-likeness (QED) is 0.0873. The maximum atomic E-state index is 9.17. The highest BCUT2D eigenvalue weighted by Crippen LogP contribution is 2.37.